The second-order valence-electron chi connectivity index (χ2n) is 14.5. The smallest absolute Gasteiger partial charge is 0.302 e. The van der Waals surface area contributed by atoms with Gasteiger partial charge in [-0.05, 0) is 103 Å². The van der Waals surface area contributed by atoms with Gasteiger partial charge in [-0.2, -0.15) is 0 Å². The van der Waals surface area contributed by atoms with E-state index in [9.17, 15) is 9.59 Å². The lowest BCUT2D eigenvalue weighted by Crippen LogP contribution is -2.65. The van der Waals surface area contributed by atoms with E-state index in [1.807, 2.05) is 0 Å². The molecule has 8 atom stereocenters. The molecule has 0 aromatic rings. The molecule has 0 amide bonds. The predicted octanol–water partition coefficient (Wildman–Crippen LogP) is 7.53. The fraction of sp³-hybridized carbons (Fsp3) is 0.871. The van der Waals surface area contributed by atoms with Gasteiger partial charge in [-0.1, -0.05) is 54.0 Å². The SMILES string of the molecule is CC(=O)O[C@H]1CC[C@@]2(C)[C@@H](CCC3(C)[C@@H]2CC[C@@H]2C4=C(C(C)C)C(=O)CC4CC[C@]23C)C1(C)C. The van der Waals surface area contributed by atoms with E-state index in [4.69, 9.17) is 4.74 Å². The molecule has 0 N–H and O–H groups in total. The average Bonchev–Trinajstić information content (AvgIpc) is 3.06. The van der Waals surface area contributed by atoms with Crippen LogP contribution >= 0.6 is 0 Å². The van der Waals surface area contributed by atoms with E-state index < -0.39 is 0 Å². The molecule has 34 heavy (non-hydrogen) atoms. The molecule has 4 saturated carbocycles. The van der Waals surface area contributed by atoms with Crippen LogP contribution in [0.5, 0.6) is 0 Å². The van der Waals surface area contributed by atoms with Crippen LogP contribution in [-0.4, -0.2) is 17.9 Å². The summed E-state index contributed by atoms with van der Waals surface area (Å²) >= 11 is 0. The van der Waals surface area contributed by atoms with E-state index in [0.717, 1.165) is 12.8 Å². The maximum absolute atomic E-state index is 13.0. The highest BCUT2D eigenvalue weighted by atomic mass is 16.5. The highest BCUT2D eigenvalue weighted by Gasteiger charge is 2.68. The van der Waals surface area contributed by atoms with Crippen molar-refractivity contribution in [1.29, 1.82) is 0 Å². The van der Waals surface area contributed by atoms with Gasteiger partial charge in [0.25, 0.3) is 0 Å². The Morgan fingerprint density at radius 1 is 0.882 bits per heavy atom. The van der Waals surface area contributed by atoms with Gasteiger partial charge in [-0.25, -0.2) is 0 Å². The van der Waals surface area contributed by atoms with Gasteiger partial charge in [-0.15, -0.1) is 0 Å². The summed E-state index contributed by atoms with van der Waals surface area (Å²) in [7, 11) is 0. The number of carbonyl (C=O) groups excluding carboxylic acids is 2. The molecule has 0 saturated heterocycles. The Balaban J connectivity index is 1.53. The molecule has 5 aliphatic rings. The zero-order valence-corrected chi connectivity index (χ0v) is 23.1. The Morgan fingerprint density at radius 2 is 1.56 bits per heavy atom. The number of hydrogen-bond donors (Lipinski definition) is 0. The quantitative estimate of drug-likeness (QED) is 0.393. The van der Waals surface area contributed by atoms with E-state index >= 15 is 0 Å². The number of rotatable bonds is 2. The summed E-state index contributed by atoms with van der Waals surface area (Å²) in [5, 5.41) is 0. The van der Waals surface area contributed by atoms with Crippen molar-refractivity contribution < 1.29 is 14.3 Å². The third kappa shape index (κ3) is 3.06. The van der Waals surface area contributed by atoms with Crippen molar-refractivity contribution in [2.75, 3.05) is 0 Å². The molecule has 0 heterocycles. The van der Waals surface area contributed by atoms with Crippen molar-refractivity contribution in [2.45, 2.75) is 119 Å². The highest BCUT2D eigenvalue weighted by molar-refractivity contribution is 5.99. The summed E-state index contributed by atoms with van der Waals surface area (Å²) in [6, 6.07) is 0. The van der Waals surface area contributed by atoms with E-state index in [1.54, 1.807) is 12.5 Å². The Kier molecular flexibility index (Phi) is 5.56. The fourth-order valence-corrected chi connectivity index (χ4v) is 11.0. The number of allylic oxidation sites excluding steroid dienone is 2. The van der Waals surface area contributed by atoms with Gasteiger partial charge in [0.15, 0.2) is 5.78 Å². The lowest BCUT2D eigenvalue weighted by Gasteiger charge is -2.71. The van der Waals surface area contributed by atoms with Crippen LogP contribution in [0.2, 0.25) is 0 Å². The standard InChI is InChI=1S/C31H48O3/c1-18(2)26-22(33)17-20-11-15-30(7)21(27(20)26)9-10-24-29(6)14-13-25(34-19(3)32)28(4,5)23(29)12-16-31(24,30)8/h18,20-21,23-25H,9-17H2,1-8H3/t20?,21-,23+,24-,25+,29+,30-,31?/m1/s1. The molecule has 0 bridgehead atoms. The molecule has 0 aliphatic heterocycles. The molecule has 3 nitrogen and oxygen atoms in total. The third-order valence-electron chi connectivity index (χ3n) is 12.6. The summed E-state index contributed by atoms with van der Waals surface area (Å²) in [5.74, 6) is 3.07. The molecular formula is C31H48O3. The molecular weight excluding hydrogens is 420 g/mol. The summed E-state index contributed by atoms with van der Waals surface area (Å²) < 4.78 is 5.88. The minimum Gasteiger partial charge on any atom is -0.462 e. The number of ketones is 1. The van der Waals surface area contributed by atoms with Crippen molar-refractivity contribution in [2.24, 2.45) is 51.2 Å². The van der Waals surface area contributed by atoms with Gasteiger partial charge in [0.1, 0.15) is 6.10 Å². The largest absolute Gasteiger partial charge is 0.462 e. The topological polar surface area (TPSA) is 43.4 Å². The predicted molar refractivity (Wildman–Crippen MR) is 136 cm³/mol. The lowest BCUT2D eigenvalue weighted by atomic mass is 9.33. The van der Waals surface area contributed by atoms with Crippen LogP contribution in [0.3, 0.4) is 0 Å². The van der Waals surface area contributed by atoms with Crippen molar-refractivity contribution in [1.82, 2.24) is 0 Å². The number of hydrogen-bond acceptors (Lipinski definition) is 3. The minimum atomic E-state index is -0.132. The van der Waals surface area contributed by atoms with Crippen molar-refractivity contribution in [3.05, 3.63) is 11.1 Å². The molecule has 0 aromatic heterocycles. The van der Waals surface area contributed by atoms with Gasteiger partial charge < -0.3 is 4.74 Å². The monoisotopic (exact) mass is 468 g/mol. The van der Waals surface area contributed by atoms with E-state index in [-0.39, 0.29) is 22.9 Å². The first kappa shape index (κ1) is 24.6. The minimum absolute atomic E-state index is 0.0145. The van der Waals surface area contributed by atoms with Crippen LogP contribution in [0.1, 0.15) is 113 Å². The molecule has 0 radical (unpaired) electrons. The van der Waals surface area contributed by atoms with Gasteiger partial charge in [0, 0.05) is 18.8 Å². The summed E-state index contributed by atoms with van der Waals surface area (Å²) in [6.07, 6.45) is 10.5. The number of fused-ring (bicyclic) bond motifs is 7. The van der Waals surface area contributed by atoms with Gasteiger partial charge >= 0.3 is 5.97 Å². The number of ether oxygens (including phenoxy) is 1. The number of Topliss-reactive ketones (excluding diaryl/α,β-unsaturated/α-hetero) is 1. The van der Waals surface area contributed by atoms with Gasteiger partial charge in [0.2, 0.25) is 0 Å². The van der Waals surface area contributed by atoms with Crippen molar-refractivity contribution in [3.63, 3.8) is 0 Å². The maximum atomic E-state index is 13.0. The highest BCUT2D eigenvalue weighted by Crippen LogP contribution is 2.75. The van der Waals surface area contributed by atoms with Crippen LogP contribution in [0.25, 0.3) is 0 Å². The van der Waals surface area contributed by atoms with Crippen LogP contribution in [0.15, 0.2) is 11.1 Å². The lowest BCUT2D eigenvalue weighted by molar-refractivity contribution is -0.230. The average molecular weight is 469 g/mol. The van der Waals surface area contributed by atoms with Gasteiger partial charge in [-0.3, -0.25) is 9.59 Å². The first-order valence-electron chi connectivity index (χ1n) is 14.2. The molecule has 5 aliphatic carbocycles. The summed E-state index contributed by atoms with van der Waals surface area (Å²) in [6.45, 7) is 18.6. The van der Waals surface area contributed by atoms with E-state index in [2.05, 4.69) is 48.5 Å². The summed E-state index contributed by atoms with van der Waals surface area (Å²) in [4.78, 5) is 24.9. The first-order valence-corrected chi connectivity index (χ1v) is 14.2. The molecule has 190 valence electrons. The molecule has 5 rings (SSSR count). The van der Waals surface area contributed by atoms with Crippen molar-refractivity contribution in [3.8, 4) is 0 Å². The van der Waals surface area contributed by atoms with Crippen LogP contribution < -0.4 is 0 Å². The fourth-order valence-electron chi connectivity index (χ4n) is 11.0. The van der Waals surface area contributed by atoms with Gasteiger partial charge in [0.05, 0.1) is 0 Å². The molecule has 0 spiro atoms. The number of carbonyl (C=O) groups is 2. The third-order valence-corrected chi connectivity index (χ3v) is 12.6. The number of esters is 1. The Morgan fingerprint density at radius 3 is 2.21 bits per heavy atom. The van der Waals surface area contributed by atoms with Crippen LogP contribution in [0.4, 0.5) is 0 Å². The van der Waals surface area contributed by atoms with Crippen LogP contribution in [0, 0.1) is 51.2 Å². The second-order valence-corrected chi connectivity index (χ2v) is 14.5. The van der Waals surface area contributed by atoms with E-state index in [1.165, 1.54) is 50.5 Å². The van der Waals surface area contributed by atoms with E-state index in [0.29, 0.717) is 46.2 Å². The molecule has 4 fully saturated rings. The zero-order valence-electron chi connectivity index (χ0n) is 23.1. The first-order chi connectivity index (χ1) is 15.8. The summed E-state index contributed by atoms with van der Waals surface area (Å²) in [5.41, 5.74) is 3.69. The Labute approximate surface area is 207 Å². The Bertz CT molecular complexity index is 927. The molecule has 3 heteroatoms. The Hall–Kier alpha value is -1.12. The second kappa shape index (κ2) is 7.69. The van der Waals surface area contributed by atoms with Crippen LogP contribution in [-0.2, 0) is 14.3 Å². The van der Waals surface area contributed by atoms with Crippen molar-refractivity contribution >= 4 is 11.8 Å². The maximum Gasteiger partial charge on any atom is 0.302 e. The normalized spacial score (nSPS) is 47.6. The molecule has 2 unspecified atom stereocenters. The zero-order chi connectivity index (χ0) is 24.8. The molecule has 0 aromatic carbocycles.